The third-order valence-corrected chi connectivity index (χ3v) is 15.8. The van der Waals surface area contributed by atoms with Crippen LogP contribution in [0.25, 0.3) is 0 Å². The predicted molar refractivity (Wildman–Crippen MR) is 136 cm³/mol. The number of fused-ring (bicyclic) bond motifs is 2. The van der Waals surface area contributed by atoms with Crippen molar-refractivity contribution in [3.8, 4) is 6.07 Å². The molecule has 0 radical (unpaired) electrons. The minimum absolute atomic E-state index is 0.0744. The maximum absolute atomic E-state index is 14.2. The standard InChI is InChI=1S/C28H33NO3SSe/c1-4-22(17-21-11-7-5-8-12-21)28(19-29,33(31,32)24-13-9-6-10-14-24)34-20-27-16-15-23(18-25(27)30)26(27,2)3/h4-14,22-23,25,30H,1,15-18,20H2,2-3H3/t22-,23-,25-,27-,28+/m1/s1. The SMILES string of the molecule is C=C[C@H](Cc1ccccc1)[C@](C#N)([Se]C[C@]12CC[C@H](C[C@H]1O)C2(C)C)S(=O)(=O)c1ccccc1. The van der Waals surface area contributed by atoms with Crippen LogP contribution in [0, 0.1) is 34.0 Å². The molecule has 0 aliphatic heterocycles. The van der Waals surface area contributed by atoms with E-state index in [0.29, 0.717) is 17.7 Å². The second-order valence-electron chi connectivity index (χ2n) is 10.3. The monoisotopic (exact) mass is 543 g/mol. The van der Waals surface area contributed by atoms with Gasteiger partial charge in [-0.1, -0.05) is 0 Å². The number of nitrogens with zero attached hydrogens (tertiary/aromatic N) is 1. The summed E-state index contributed by atoms with van der Waals surface area (Å²) in [6.45, 7) is 8.42. The molecule has 0 spiro atoms. The van der Waals surface area contributed by atoms with E-state index in [0.717, 1.165) is 24.8 Å². The number of aliphatic hydroxyl groups excluding tert-OH is 1. The van der Waals surface area contributed by atoms with E-state index < -0.39 is 40.5 Å². The van der Waals surface area contributed by atoms with Gasteiger partial charge in [0.1, 0.15) is 0 Å². The Kier molecular flexibility index (Phi) is 6.88. The van der Waals surface area contributed by atoms with Crippen molar-refractivity contribution < 1.29 is 13.5 Å². The van der Waals surface area contributed by atoms with Crippen molar-refractivity contribution in [3.05, 3.63) is 78.9 Å². The van der Waals surface area contributed by atoms with E-state index in [1.54, 1.807) is 36.4 Å². The van der Waals surface area contributed by atoms with Gasteiger partial charge < -0.3 is 0 Å². The second-order valence-corrected chi connectivity index (χ2v) is 15.5. The summed E-state index contributed by atoms with van der Waals surface area (Å²) < 4.78 is 26.8. The van der Waals surface area contributed by atoms with E-state index in [2.05, 4.69) is 26.5 Å². The molecule has 2 aliphatic carbocycles. The first-order chi connectivity index (χ1) is 16.1. The molecule has 180 valence electrons. The first-order valence-corrected chi connectivity index (χ1v) is 15.4. The summed E-state index contributed by atoms with van der Waals surface area (Å²) in [5, 5.41) is 22.3. The quantitative estimate of drug-likeness (QED) is 0.356. The Morgan fingerprint density at radius 1 is 1.21 bits per heavy atom. The fourth-order valence-electron chi connectivity index (χ4n) is 6.19. The summed E-state index contributed by atoms with van der Waals surface area (Å²) in [7, 11) is -4.00. The first-order valence-electron chi connectivity index (χ1n) is 11.8. The summed E-state index contributed by atoms with van der Waals surface area (Å²) in [4.78, 5) is 0.173. The molecular weight excluding hydrogens is 509 g/mol. The van der Waals surface area contributed by atoms with Gasteiger partial charge in [-0.15, -0.1) is 0 Å². The fraction of sp³-hybridized carbons (Fsp3) is 0.464. The van der Waals surface area contributed by atoms with E-state index in [1.165, 1.54) is 0 Å². The van der Waals surface area contributed by atoms with Crippen LogP contribution in [0.4, 0.5) is 0 Å². The van der Waals surface area contributed by atoms with Crippen molar-refractivity contribution in [1.82, 2.24) is 0 Å². The van der Waals surface area contributed by atoms with Gasteiger partial charge >= 0.3 is 211 Å². The van der Waals surface area contributed by atoms with Crippen molar-refractivity contribution >= 4 is 24.8 Å². The van der Waals surface area contributed by atoms with Crippen LogP contribution in [0.5, 0.6) is 0 Å². The van der Waals surface area contributed by atoms with Crippen LogP contribution in [-0.2, 0) is 16.3 Å². The molecule has 0 amide bonds. The van der Waals surface area contributed by atoms with Crippen LogP contribution in [0.1, 0.15) is 38.7 Å². The molecule has 0 unspecified atom stereocenters. The number of rotatable bonds is 9. The molecule has 4 nitrogen and oxygen atoms in total. The zero-order valence-electron chi connectivity index (χ0n) is 19.9. The van der Waals surface area contributed by atoms with Gasteiger partial charge in [0.2, 0.25) is 0 Å². The normalized spacial score (nSPS) is 28.1. The molecule has 0 saturated heterocycles. The van der Waals surface area contributed by atoms with Crippen molar-refractivity contribution in [2.45, 2.75) is 59.5 Å². The summed E-state index contributed by atoms with van der Waals surface area (Å²) in [6.07, 6.45) is 4.34. The van der Waals surface area contributed by atoms with E-state index in [-0.39, 0.29) is 15.7 Å². The molecule has 2 aromatic carbocycles. The zero-order valence-corrected chi connectivity index (χ0v) is 22.4. The van der Waals surface area contributed by atoms with Crippen molar-refractivity contribution in [2.75, 3.05) is 0 Å². The number of sulfone groups is 1. The van der Waals surface area contributed by atoms with E-state index in [4.69, 9.17) is 0 Å². The van der Waals surface area contributed by atoms with Gasteiger partial charge in [0.05, 0.1) is 0 Å². The summed E-state index contributed by atoms with van der Waals surface area (Å²) in [6, 6.07) is 20.4. The number of aliphatic hydroxyl groups is 1. The molecule has 2 bridgehead atoms. The summed E-state index contributed by atoms with van der Waals surface area (Å²) >= 11 is -0.610. The van der Waals surface area contributed by atoms with Gasteiger partial charge in [-0.25, -0.2) is 0 Å². The maximum atomic E-state index is 14.2. The molecule has 0 aromatic heterocycles. The Morgan fingerprint density at radius 3 is 2.32 bits per heavy atom. The average Bonchev–Trinajstić information content (AvgIpc) is 3.20. The van der Waals surface area contributed by atoms with E-state index in [1.807, 2.05) is 30.3 Å². The van der Waals surface area contributed by atoms with Gasteiger partial charge in [0.25, 0.3) is 0 Å². The Hall–Kier alpha value is -1.90. The molecule has 2 aliphatic rings. The Morgan fingerprint density at radius 2 is 1.82 bits per heavy atom. The number of nitriles is 1. The van der Waals surface area contributed by atoms with Crippen LogP contribution in [0.3, 0.4) is 0 Å². The molecule has 0 heterocycles. The number of hydrogen-bond acceptors (Lipinski definition) is 4. The number of benzene rings is 2. The molecule has 2 saturated carbocycles. The van der Waals surface area contributed by atoms with Crippen molar-refractivity contribution in [2.24, 2.45) is 22.7 Å². The minimum atomic E-state index is -4.00. The molecule has 2 fully saturated rings. The average molecular weight is 543 g/mol. The van der Waals surface area contributed by atoms with Gasteiger partial charge in [-0.3, -0.25) is 0 Å². The van der Waals surface area contributed by atoms with E-state index in [9.17, 15) is 18.8 Å². The zero-order chi connectivity index (χ0) is 24.6. The summed E-state index contributed by atoms with van der Waals surface area (Å²) in [5.41, 5.74) is 0.561. The Bertz CT molecular complexity index is 1180. The topological polar surface area (TPSA) is 78.2 Å². The van der Waals surface area contributed by atoms with Crippen molar-refractivity contribution in [3.63, 3.8) is 0 Å². The summed E-state index contributed by atoms with van der Waals surface area (Å²) in [5.74, 6) is -0.125. The van der Waals surface area contributed by atoms with Crippen LogP contribution >= 0.6 is 0 Å². The van der Waals surface area contributed by atoms with Crippen LogP contribution in [-0.4, -0.2) is 38.2 Å². The molecule has 2 aromatic rings. The van der Waals surface area contributed by atoms with Crippen LogP contribution < -0.4 is 0 Å². The second kappa shape index (κ2) is 9.28. The third kappa shape index (κ3) is 3.78. The van der Waals surface area contributed by atoms with Crippen LogP contribution in [0.15, 0.2) is 78.2 Å². The van der Waals surface area contributed by atoms with Crippen LogP contribution in [0.2, 0.25) is 5.32 Å². The molecule has 34 heavy (non-hydrogen) atoms. The Labute approximate surface area is 210 Å². The van der Waals surface area contributed by atoms with Crippen molar-refractivity contribution in [1.29, 1.82) is 5.26 Å². The Balaban J connectivity index is 1.79. The molecule has 5 atom stereocenters. The molecule has 4 rings (SSSR count). The van der Waals surface area contributed by atoms with Gasteiger partial charge in [0, 0.05) is 0 Å². The third-order valence-electron chi connectivity index (χ3n) is 8.61. The number of hydrogen-bond donors (Lipinski definition) is 1. The molecular formula is C28H33NO3SSe. The van der Waals surface area contributed by atoms with Gasteiger partial charge in [0.15, 0.2) is 0 Å². The van der Waals surface area contributed by atoms with E-state index >= 15 is 0 Å². The molecule has 1 N–H and O–H groups in total. The predicted octanol–water partition coefficient (Wildman–Crippen LogP) is 5.03. The first kappa shape index (κ1) is 25.2. The molecule has 6 heteroatoms. The number of allylic oxidation sites excluding steroid dienone is 1. The van der Waals surface area contributed by atoms with Gasteiger partial charge in [-0.2, -0.15) is 0 Å². The fourth-order valence-corrected chi connectivity index (χ4v) is 13.2. The van der Waals surface area contributed by atoms with Gasteiger partial charge in [-0.05, 0) is 0 Å².